The summed E-state index contributed by atoms with van der Waals surface area (Å²) in [5.41, 5.74) is 3.13. The maximum absolute atomic E-state index is 13.5. The number of fused-ring (bicyclic) bond motifs is 1. The van der Waals surface area contributed by atoms with Crippen LogP contribution in [0.2, 0.25) is 0 Å². The topological polar surface area (TPSA) is 61.4 Å². The van der Waals surface area contributed by atoms with Gasteiger partial charge in [-0.05, 0) is 60.2 Å². The number of amides is 2. The molecule has 1 aliphatic carbocycles. The van der Waals surface area contributed by atoms with Gasteiger partial charge >= 0.3 is 0 Å². The first-order chi connectivity index (χ1) is 18.1. The third-order valence-electron chi connectivity index (χ3n) is 7.52. The number of nitrogens with one attached hydrogen (secondary N) is 2. The molecule has 7 heteroatoms. The number of anilines is 1. The van der Waals surface area contributed by atoms with E-state index in [9.17, 15) is 14.0 Å². The van der Waals surface area contributed by atoms with Crippen molar-refractivity contribution in [3.63, 3.8) is 0 Å². The monoisotopic (exact) mass is 519 g/mol. The van der Waals surface area contributed by atoms with Crippen LogP contribution in [-0.4, -0.2) is 37.5 Å². The van der Waals surface area contributed by atoms with Crippen molar-refractivity contribution in [3.05, 3.63) is 76.9 Å². The highest BCUT2D eigenvalue weighted by atomic mass is 32.1. The summed E-state index contributed by atoms with van der Waals surface area (Å²) in [6, 6.07) is 18.1. The maximum Gasteiger partial charge on any atom is 0.262 e. The molecule has 2 aliphatic rings. The Morgan fingerprint density at radius 1 is 1.03 bits per heavy atom. The fourth-order valence-corrected chi connectivity index (χ4v) is 6.46. The molecule has 0 unspecified atom stereocenters. The number of hydrogen-bond acceptors (Lipinski definition) is 4. The standard InChI is InChI=1S/C30H34FN3O2S/c31-24-11-12-26-23(20-24)15-17-34(26)18-16-32-29(35)25(19-21-7-3-1-4-8-21)33-30(36)28-14-13-27(37-28)22-9-5-2-6-10-22/h2,5-6,9-14,20-21,25H,1,3-4,7-8,15-19H2,(H,32,35)(H,33,36)/t25-/m0/s1. The number of thiophene rings is 1. The minimum atomic E-state index is -0.558. The Labute approximate surface area is 222 Å². The predicted molar refractivity (Wildman–Crippen MR) is 148 cm³/mol. The van der Waals surface area contributed by atoms with Crippen LogP contribution in [0.4, 0.5) is 10.1 Å². The van der Waals surface area contributed by atoms with E-state index in [0.29, 0.717) is 30.3 Å². The van der Waals surface area contributed by atoms with Crippen molar-refractivity contribution in [2.45, 2.75) is 51.0 Å². The zero-order valence-corrected chi connectivity index (χ0v) is 21.9. The molecule has 194 valence electrons. The summed E-state index contributed by atoms with van der Waals surface area (Å²) in [6.45, 7) is 1.95. The van der Waals surface area contributed by atoms with Crippen LogP contribution < -0.4 is 15.5 Å². The fourth-order valence-electron chi connectivity index (χ4n) is 5.54. The van der Waals surface area contributed by atoms with Gasteiger partial charge < -0.3 is 15.5 Å². The van der Waals surface area contributed by atoms with Crippen molar-refractivity contribution in [3.8, 4) is 10.4 Å². The van der Waals surface area contributed by atoms with Gasteiger partial charge in [0.05, 0.1) is 4.88 Å². The molecule has 1 saturated carbocycles. The van der Waals surface area contributed by atoms with Crippen LogP contribution in [0.5, 0.6) is 0 Å². The largest absolute Gasteiger partial charge is 0.369 e. The minimum absolute atomic E-state index is 0.128. The maximum atomic E-state index is 13.5. The molecule has 3 aromatic rings. The van der Waals surface area contributed by atoms with Gasteiger partial charge in [0.15, 0.2) is 0 Å². The lowest BCUT2D eigenvalue weighted by atomic mass is 9.84. The molecule has 0 saturated heterocycles. The van der Waals surface area contributed by atoms with Gasteiger partial charge in [0, 0.05) is 30.2 Å². The van der Waals surface area contributed by atoms with Crippen molar-refractivity contribution >= 4 is 28.8 Å². The van der Waals surface area contributed by atoms with Crippen molar-refractivity contribution in [1.82, 2.24) is 10.6 Å². The predicted octanol–water partition coefficient (Wildman–Crippen LogP) is 5.80. The molecule has 1 aromatic heterocycles. The van der Waals surface area contributed by atoms with Gasteiger partial charge in [-0.3, -0.25) is 9.59 Å². The van der Waals surface area contributed by atoms with Gasteiger partial charge in [0.2, 0.25) is 5.91 Å². The van der Waals surface area contributed by atoms with E-state index < -0.39 is 6.04 Å². The van der Waals surface area contributed by atoms with Crippen LogP contribution in [0.3, 0.4) is 0 Å². The van der Waals surface area contributed by atoms with E-state index in [2.05, 4.69) is 15.5 Å². The summed E-state index contributed by atoms with van der Waals surface area (Å²) in [4.78, 5) is 30.3. The molecule has 1 atom stereocenters. The second kappa shape index (κ2) is 11.9. The SMILES string of the molecule is O=C(N[C@@H](CC1CCCCC1)C(=O)NCCN1CCc2cc(F)ccc21)c1ccc(-c2ccccc2)s1. The van der Waals surface area contributed by atoms with Crippen molar-refractivity contribution in [2.75, 3.05) is 24.5 Å². The average Bonchev–Trinajstić information content (AvgIpc) is 3.57. The number of hydrogen-bond donors (Lipinski definition) is 2. The van der Waals surface area contributed by atoms with Gasteiger partial charge in [-0.2, -0.15) is 0 Å². The van der Waals surface area contributed by atoms with Crippen LogP contribution in [-0.2, 0) is 11.2 Å². The van der Waals surface area contributed by atoms with Gasteiger partial charge in [-0.15, -0.1) is 11.3 Å². The quantitative estimate of drug-likeness (QED) is 0.376. The Bertz CT molecular complexity index is 1220. The molecular weight excluding hydrogens is 485 g/mol. The Kier molecular flexibility index (Phi) is 8.19. The molecule has 0 bridgehead atoms. The van der Waals surface area contributed by atoms with E-state index in [1.165, 1.54) is 36.7 Å². The molecule has 2 N–H and O–H groups in total. The van der Waals surface area contributed by atoms with E-state index >= 15 is 0 Å². The number of rotatable bonds is 9. The van der Waals surface area contributed by atoms with Crippen molar-refractivity contribution < 1.29 is 14.0 Å². The van der Waals surface area contributed by atoms with Crippen molar-refractivity contribution in [1.29, 1.82) is 0 Å². The molecule has 0 radical (unpaired) electrons. The zero-order chi connectivity index (χ0) is 25.6. The number of carbonyl (C=O) groups is 2. The van der Waals surface area contributed by atoms with Crippen LogP contribution in [0.25, 0.3) is 10.4 Å². The molecule has 2 amide bonds. The minimum Gasteiger partial charge on any atom is -0.369 e. The van der Waals surface area contributed by atoms with Crippen LogP contribution >= 0.6 is 11.3 Å². The lowest BCUT2D eigenvalue weighted by Crippen LogP contribution is -2.49. The molecule has 5 nitrogen and oxygen atoms in total. The van der Waals surface area contributed by atoms with Gasteiger partial charge in [0.1, 0.15) is 11.9 Å². The number of carbonyl (C=O) groups excluding carboxylic acids is 2. The first kappa shape index (κ1) is 25.5. The molecule has 1 fully saturated rings. The Hall–Kier alpha value is -3.19. The molecule has 2 heterocycles. The Morgan fingerprint density at radius 2 is 1.84 bits per heavy atom. The molecule has 1 aliphatic heterocycles. The smallest absolute Gasteiger partial charge is 0.262 e. The zero-order valence-electron chi connectivity index (χ0n) is 21.0. The summed E-state index contributed by atoms with van der Waals surface area (Å²) in [5, 5.41) is 6.11. The highest BCUT2D eigenvalue weighted by molar-refractivity contribution is 7.17. The normalized spacial score (nSPS) is 16.3. The Morgan fingerprint density at radius 3 is 2.65 bits per heavy atom. The molecule has 2 aromatic carbocycles. The highest BCUT2D eigenvalue weighted by Crippen LogP contribution is 2.30. The van der Waals surface area contributed by atoms with Gasteiger partial charge in [0.25, 0.3) is 5.91 Å². The lowest BCUT2D eigenvalue weighted by Gasteiger charge is -2.27. The molecule has 0 spiro atoms. The van der Waals surface area contributed by atoms with Crippen LogP contribution in [0.1, 0.15) is 53.8 Å². The first-order valence-electron chi connectivity index (χ1n) is 13.3. The first-order valence-corrected chi connectivity index (χ1v) is 14.2. The Balaban J connectivity index is 1.21. The number of halogens is 1. The van der Waals surface area contributed by atoms with E-state index in [-0.39, 0.29) is 17.6 Å². The highest BCUT2D eigenvalue weighted by Gasteiger charge is 2.27. The lowest BCUT2D eigenvalue weighted by molar-refractivity contribution is -0.123. The summed E-state index contributed by atoms with van der Waals surface area (Å²) < 4.78 is 13.5. The van der Waals surface area contributed by atoms with E-state index in [0.717, 1.165) is 47.5 Å². The number of benzene rings is 2. The third-order valence-corrected chi connectivity index (χ3v) is 8.65. The van der Waals surface area contributed by atoms with E-state index in [4.69, 9.17) is 0 Å². The van der Waals surface area contributed by atoms with Crippen molar-refractivity contribution in [2.24, 2.45) is 5.92 Å². The van der Waals surface area contributed by atoms with E-state index in [1.54, 1.807) is 6.07 Å². The van der Waals surface area contributed by atoms with E-state index in [1.807, 2.05) is 48.5 Å². The summed E-state index contributed by atoms with van der Waals surface area (Å²) in [7, 11) is 0. The van der Waals surface area contributed by atoms with Gasteiger partial charge in [-0.25, -0.2) is 4.39 Å². The molecule has 37 heavy (non-hydrogen) atoms. The average molecular weight is 520 g/mol. The second-order valence-corrected chi connectivity index (χ2v) is 11.2. The summed E-state index contributed by atoms with van der Waals surface area (Å²) in [6.07, 6.45) is 7.32. The van der Waals surface area contributed by atoms with Crippen LogP contribution in [0, 0.1) is 11.7 Å². The second-order valence-electron chi connectivity index (χ2n) is 10.1. The number of nitrogens with zero attached hydrogens (tertiary/aromatic N) is 1. The molecule has 5 rings (SSSR count). The molecular formula is C30H34FN3O2S. The van der Waals surface area contributed by atoms with Gasteiger partial charge in [-0.1, -0.05) is 62.4 Å². The van der Waals surface area contributed by atoms with Crippen LogP contribution in [0.15, 0.2) is 60.7 Å². The summed E-state index contributed by atoms with van der Waals surface area (Å²) in [5.74, 6) is -0.0823. The fraction of sp³-hybridized carbons (Fsp3) is 0.400. The third kappa shape index (κ3) is 6.39. The summed E-state index contributed by atoms with van der Waals surface area (Å²) >= 11 is 1.45.